The first kappa shape index (κ1) is 10.9. The van der Waals surface area contributed by atoms with Crippen molar-refractivity contribution in [2.24, 2.45) is 0 Å². The lowest BCUT2D eigenvalue weighted by Gasteiger charge is -2.14. The number of amides is 1. The normalized spacial score (nSPS) is 34.1. The van der Waals surface area contributed by atoms with E-state index < -0.39 is 9.84 Å². The number of carbonyl (C=O) groups excluding carboxylic acids is 1. The van der Waals surface area contributed by atoms with E-state index in [1.165, 1.54) is 0 Å². The number of ether oxygens (including phenoxy) is 1. The second-order valence-corrected chi connectivity index (χ2v) is 6.34. The zero-order chi connectivity index (χ0) is 10.9. The average molecular weight is 233 g/mol. The summed E-state index contributed by atoms with van der Waals surface area (Å²) in [6.07, 6.45) is 1.81. The van der Waals surface area contributed by atoms with Crippen LogP contribution >= 0.6 is 0 Å². The van der Waals surface area contributed by atoms with E-state index in [2.05, 4.69) is 5.32 Å². The first-order valence-electron chi connectivity index (χ1n) is 5.19. The van der Waals surface area contributed by atoms with Crippen LogP contribution in [0.3, 0.4) is 0 Å². The first-order valence-corrected chi connectivity index (χ1v) is 7.01. The highest BCUT2D eigenvalue weighted by Crippen LogP contribution is 2.15. The maximum atomic E-state index is 11.6. The zero-order valence-corrected chi connectivity index (χ0v) is 9.26. The molecule has 0 aromatic rings. The Hall–Kier alpha value is -0.620. The molecule has 2 atom stereocenters. The summed E-state index contributed by atoms with van der Waals surface area (Å²) in [6.45, 7) is 0.626. The van der Waals surface area contributed by atoms with Crippen molar-refractivity contribution < 1.29 is 17.9 Å². The molecule has 2 saturated heterocycles. The minimum absolute atomic E-state index is 0.0749. The molecular weight excluding hydrogens is 218 g/mol. The SMILES string of the molecule is O=C(N[C@H]1CCS(=O)(=O)C1)[C@H]1CCCO1. The fourth-order valence-corrected chi connectivity index (χ4v) is 3.66. The highest BCUT2D eigenvalue weighted by atomic mass is 32.2. The number of carbonyl (C=O) groups is 1. The van der Waals surface area contributed by atoms with Gasteiger partial charge in [0.25, 0.3) is 0 Å². The Bertz CT molecular complexity index is 345. The van der Waals surface area contributed by atoms with Crippen LogP contribution in [0, 0.1) is 0 Å². The van der Waals surface area contributed by atoms with Crippen LogP contribution < -0.4 is 5.32 Å². The third-order valence-electron chi connectivity index (χ3n) is 2.80. The first-order chi connectivity index (χ1) is 7.07. The minimum Gasteiger partial charge on any atom is -0.368 e. The molecule has 0 saturated carbocycles. The number of nitrogens with one attached hydrogen (secondary N) is 1. The van der Waals surface area contributed by atoms with Crippen LogP contribution in [0.4, 0.5) is 0 Å². The molecule has 2 aliphatic heterocycles. The van der Waals surface area contributed by atoms with Crippen molar-refractivity contribution in [1.29, 1.82) is 0 Å². The van der Waals surface area contributed by atoms with Gasteiger partial charge < -0.3 is 10.1 Å². The van der Waals surface area contributed by atoms with Gasteiger partial charge in [0.05, 0.1) is 11.5 Å². The Balaban J connectivity index is 1.85. The molecule has 2 fully saturated rings. The van der Waals surface area contributed by atoms with E-state index in [1.807, 2.05) is 0 Å². The van der Waals surface area contributed by atoms with Gasteiger partial charge in [-0.3, -0.25) is 4.79 Å². The van der Waals surface area contributed by atoms with Crippen molar-refractivity contribution in [3.8, 4) is 0 Å². The highest BCUT2D eigenvalue weighted by molar-refractivity contribution is 7.91. The van der Waals surface area contributed by atoms with Crippen LogP contribution in [0.25, 0.3) is 0 Å². The summed E-state index contributed by atoms with van der Waals surface area (Å²) in [4.78, 5) is 11.6. The van der Waals surface area contributed by atoms with Crippen LogP contribution in [-0.4, -0.2) is 44.6 Å². The Morgan fingerprint density at radius 3 is 2.67 bits per heavy atom. The predicted molar refractivity (Wildman–Crippen MR) is 54.2 cm³/mol. The second-order valence-electron chi connectivity index (χ2n) is 4.11. The Morgan fingerprint density at radius 1 is 1.33 bits per heavy atom. The highest BCUT2D eigenvalue weighted by Gasteiger charge is 2.31. The Morgan fingerprint density at radius 2 is 2.13 bits per heavy atom. The molecule has 6 heteroatoms. The molecule has 0 spiro atoms. The molecule has 1 N–H and O–H groups in total. The van der Waals surface area contributed by atoms with Crippen molar-refractivity contribution in [2.75, 3.05) is 18.1 Å². The lowest BCUT2D eigenvalue weighted by atomic mass is 10.2. The maximum absolute atomic E-state index is 11.6. The molecule has 0 bridgehead atoms. The van der Waals surface area contributed by atoms with Crippen molar-refractivity contribution in [3.05, 3.63) is 0 Å². The number of sulfone groups is 1. The van der Waals surface area contributed by atoms with Crippen molar-refractivity contribution in [1.82, 2.24) is 5.32 Å². The number of rotatable bonds is 2. The smallest absolute Gasteiger partial charge is 0.249 e. The second kappa shape index (κ2) is 4.09. The van der Waals surface area contributed by atoms with Crippen LogP contribution in [0.2, 0.25) is 0 Å². The lowest BCUT2D eigenvalue weighted by molar-refractivity contribution is -0.130. The molecule has 0 unspecified atom stereocenters. The summed E-state index contributed by atoms with van der Waals surface area (Å²) in [6, 6.07) is -0.216. The zero-order valence-electron chi connectivity index (χ0n) is 8.44. The predicted octanol–water partition coefficient (Wildman–Crippen LogP) is -0.531. The average Bonchev–Trinajstić information content (AvgIpc) is 2.74. The van der Waals surface area contributed by atoms with E-state index in [1.54, 1.807) is 0 Å². The summed E-state index contributed by atoms with van der Waals surface area (Å²) < 4.78 is 27.5. The molecular formula is C9H15NO4S. The number of hydrogen-bond donors (Lipinski definition) is 1. The summed E-state index contributed by atoms with van der Waals surface area (Å²) in [5.41, 5.74) is 0. The van der Waals surface area contributed by atoms with Gasteiger partial charge in [-0.05, 0) is 19.3 Å². The van der Waals surface area contributed by atoms with E-state index in [0.29, 0.717) is 13.0 Å². The van der Waals surface area contributed by atoms with Crippen LogP contribution in [0.5, 0.6) is 0 Å². The molecule has 2 rings (SSSR count). The molecule has 0 radical (unpaired) electrons. The molecule has 0 aliphatic carbocycles. The fourth-order valence-electron chi connectivity index (χ4n) is 1.99. The van der Waals surface area contributed by atoms with Crippen molar-refractivity contribution in [3.63, 3.8) is 0 Å². The van der Waals surface area contributed by atoms with Gasteiger partial charge in [0.2, 0.25) is 5.91 Å². The lowest BCUT2D eigenvalue weighted by Crippen LogP contribution is -2.41. The van der Waals surface area contributed by atoms with E-state index in [4.69, 9.17) is 4.74 Å². The summed E-state index contributed by atoms with van der Waals surface area (Å²) in [5, 5.41) is 2.73. The van der Waals surface area contributed by atoms with Crippen LogP contribution in [-0.2, 0) is 19.4 Å². The van der Waals surface area contributed by atoms with E-state index in [9.17, 15) is 13.2 Å². The molecule has 0 aromatic heterocycles. The topological polar surface area (TPSA) is 72.5 Å². The third-order valence-corrected chi connectivity index (χ3v) is 4.57. The standard InChI is InChI=1S/C9H15NO4S/c11-9(8-2-1-4-14-8)10-7-3-5-15(12,13)6-7/h7-8H,1-6H2,(H,10,11)/t7-,8+/m0/s1. The van der Waals surface area contributed by atoms with Crippen LogP contribution in [0.15, 0.2) is 0 Å². The van der Waals surface area contributed by atoms with Crippen molar-refractivity contribution in [2.45, 2.75) is 31.4 Å². The minimum atomic E-state index is -2.92. The van der Waals surface area contributed by atoms with Gasteiger partial charge in [0.1, 0.15) is 6.10 Å². The largest absolute Gasteiger partial charge is 0.368 e. The molecule has 2 aliphatic rings. The Kier molecular flexibility index (Phi) is 2.97. The fraction of sp³-hybridized carbons (Fsp3) is 0.889. The molecule has 1 amide bonds. The molecule has 86 valence electrons. The van der Waals surface area contributed by atoms with E-state index in [0.717, 1.165) is 12.8 Å². The van der Waals surface area contributed by atoms with Gasteiger partial charge in [-0.25, -0.2) is 8.42 Å². The van der Waals surface area contributed by atoms with Gasteiger partial charge in [-0.2, -0.15) is 0 Å². The van der Waals surface area contributed by atoms with Gasteiger partial charge in [-0.15, -0.1) is 0 Å². The molecule has 0 aromatic carbocycles. The van der Waals surface area contributed by atoms with Crippen LogP contribution in [0.1, 0.15) is 19.3 Å². The van der Waals surface area contributed by atoms with E-state index in [-0.39, 0.29) is 29.6 Å². The molecule has 15 heavy (non-hydrogen) atoms. The molecule has 5 nitrogen and oxygen atoms in total. The summed E-state index contributed by atoms with van der Waals surface area (Å²) in [5.74, 6) is 0.101. The monoisotopic (exact) mass is 233 g/mol. The number of hydrogen-bond acceptors (Lipinski definition) is 4. The third kappa shape index (κ3) is 2.69. The van der Waals surface area contributed by atoms with Gasteiger partial charge >= 0.3 is 0 Å². The van der Waals surface area contributed by atoms with Gasteiger partial charge in [0, 0.05) is 12.6 Å². The maximum Gasteiger partial charge on any atom is 0.249 e. The molecule has 2 heterocycles. The Labute approximate surface area is 89.1 Å². The van der Waals surface area contributed by atoms with Crippen molar-refractivity contribution >= 4 is 15.7 Å². The quantitative estimate of drug-likeness (QED) is 0.696. The summed E-state index contributed by atoms with van der Waals surface area (Å²) >= 11 is 0. The summed E-state index contributed by atoms with van der Waals surface area (Å²) in [7, 11) is -2.92. The van der Waals surface area contributed by atoms with Gasteiger partial charge in [-0.1, -0.05) is 0 Å². The van der Waals surface area contributed by atoms with Gasteiger partial charge in [0.15, 0.2) is 9.84 Å². The van der Waals surface area contributed by atoms with E-state index >= 15 is 0 Å².